The van der Waals surface area contributed by atoms with E-state index in [1.54, 1.807) is 0 Å². The van der Waals surface area contributed by atoms with Gasteiger partial charge in [0.1, 0.15) is 5.65 Å². The van der Waals surface area contributed by atoms with Crippen LogP contribution in [0.4, 0.5) is 5.82 Å². The molecule has 0 radical (unpaired) electrons. The van der Waals surface area contributed by atoms with Crippen molar-refractivity contribution in [3.05, 3.63) is 30.1 Å². The second-order valence-electron chi connectivity index (χ2n) is 5.05. The van der Waals surface area contributed by atoms with Crippen LogP contribution >= 0.6 is 11.6 Å². The van der Waals surface area contributed by atoms with E-state index in [4.69, 9.17) is 11.6 Å². The molecule has 0 aliphatic heterocycles. The Labute approximate surface area is 113 Å². The minimum absolute atomic E-state index is 0.479. The highest BCUT2D eigenvalue weighted by atomic mass is 35.5. The number of aromatic nitrogens is 2. The van der Waals surface area contributed by atoms with Gasteiger partial charge in [0.25, 0.3) is 0 Å². The molecule has 18 heavy (non-hydrogen) atoms. The summed E-state index contributed by atoms with van der Waals surface area (Å²) >= 11 is 6.07. The largest absolute Gasteiger partial charge is 0.358 e. The fourth-order valence-electron chi connectivity index (χ4n) is 2.02. The Kier molecular flexibility index (Phi) is 4.12. The average Bonchev–Trinajstić information content (AvgIpc) is 2.74. The number of anilines is 1. The topological polar surface area (TPSA) is 20.5 Å². The lowest BCUT2D eigenvalue weighted by molar-refractivity contribution is 0.583. The molecule has 0 fully saturated rings. The molecule has 0 saturated carbocycles. The summed E-state index contributed by atoms with van der Waals surface area (Å²) < 4.78 is 2.06. The monoisotopic (exact) mass is 265 g/mol. The van der Waals surface area contributed by atoms with E-state index in [2.05, 4.69) is 35.2 Å². The molecule has 4 heteroatoms. The van der Waals surface area contributed by atoms with E-state index in [1.807, 2.05) is 24.4 Å². The smallest absolute Gasteiger partial charge is 0.152 e. The number of fused-ring (bicyclic) bond motifs is 1. The minimum atomic E-state index is 0.479. The molecule has 2 aromatic heterocycles. The molecule has 2 aromatic rings. The van der Waals surface area contributed by atoms with Crippen molar-refractivity contribution in [3.8, 4) is 0 Å². The number of hydrogen-bond donors (Lipinski definition) is 0. The van der Waals surface area contributed by atoms with E-state index in [9.17, 15) is 0 Å². The van der Waals surface area contributed by atoms with E-state index in [1.165, 1.54) is 0 Å². The minimum Gasteiger partial charge on any atom is -0.358 e. The zero-order valence-corrected chi connectivity index (χ0v) is 12.0. The Morgan fingerprint density at radius 3 is 2.83 bits per heavy atom. The predicted molar refractivity (Wildman–Crippen MR) is 77.5 cm³/mol. The van der Waals surface area contributed by atoms with Gasteiger partial charge in [0.05, 0.1) is 11.6 Å². The number of imidazole rings is 1. The maximum atomic E-state index is 6.07. The van der Waals surface area contributed by atoms with Crippen LogP contribution < -0.4 is 4.90 Å². The second kappa shape index (κ2) is 5.61. The standard InChI is InChI=1S/C14H20ClN3/c1-11(2)7-9-17(3)14-12(10-15)18-8-5-4-6-13(18)16-14/h4-6,8,11H,7,9-10H2,1-3H3. The summed E-state index contributed by atoms with van der Waals surface area (Å²) in [5.41, 5.74) is 2.03. The molecule has 0 amide bonds. The molecule has 2 rings (SSSR count). The SMILES string of the molecule is CC(C)CCN(C)c1nc2ccccn2c1CCl. The lowest BCUT2D eigenvalue weighted by Gasteiger charge is -2.18. The van der Waals surface area contributed by atoms with Crippen molar-refractivity contribution in [1.82, 2.24) is 9.38 Å². The van der Waals surface area contributed by atoms with Gasteiger partial charge in [-0.1, -0.05) is 19.9 Å². The Morgan fingerprint density at radius 1 is 1.39 bits per heavy atom. The number of rotatable bonds is 5. The van der Waals surface area contributed by atoms with Crippen molar-refractivity contribution in [2.75, 3.05) is 18.5 Å². The van der Waals surface area contributed by atoms with Crippen molar-refractivity contribution in [2.45, 2.75) is 26.1 Å². The maximum absolute atomic E-state index is 6.07. The van der Waals surface area contributed by atoms with Crippen molar-refractivity contribution in [2.24, 2.45) is 5.92 Å². The summed E-state index contributed by atoms with van der Waals surface area (Å²) in [6, 6.07) is 6.01. The van der Waals surface area contributed by atoms with Gasteiger partial charge in [0.15, 0.2) is 5.82 Å². The Hall–Kier alpha value is -1.22. The quantitative estimate of drug-likeness (QED) is 0.771. The first-order valence-electron chi connectivity index (χ1n) is 6.36. The third-order valence-electron chi connectivity index (χ3n) is 3.14. The molecule has 0 saturated heterocycles. The third-order valence-corrected chi connectivity index (χ3v) is 3.39. The van der Waals surface area contributed by atoms with Gasteiger partial charge in [-0.15, -0.1) is 11.6 Å². The van der Waals surface area contributed by atoms with Crippen molar-refractivity contribution >= 4 is 23.1 Å². The summed E-state index contributed by atoms with van der Waals surface area (Å²) in [6.45, 7) is 5.48. The molecule has 0 N–H and O–H groups in total. The molecule has 0 unspecified atom stereocenters. The summed E-state index contributed by atoms with van der Waals surface area (Å²) in [5.74, 6) is 2.17. The average molecular weight is 266 g/mol. The molecular weight excluding hydrogens is 246 g/mol. The summed E-state index contributed by atoms with van der Waals surface area (Å²) in [5, 5.41) is 0. The fraction of sp³-hybridized carbons (Fsp3) is 0.500. The maximum Gasteiger partial charge on any atom is 0.152 e. The number of pyridine rings is 1. The van der Waals surface area contributed by atoms with Crippen LogP contribution in [0.5, 0.6) is 0 Å². The highest BCUT2D eigenvalue weighted by Gasteiger charge is 2.14. The van der Waals surface area contributed by atoms with Crippen LogP contribution in [0.1, 0.15) is 26.0 Å². The fourth-order valence-corrected chi connectivity index (χ4v) is 2.27. The van der Waals surface area contributed by atoms with Crippen LogP contribution in [0.15, 0.2) is 24.4 Å². The molecule has 0 aliphatic rings. The van der Waals surface area contributed by atoms with Gasteiger partial charge in [-0.2, -0.15) is 0 Å². The van der Waals surface area contributed by atoms with E-state index in [0.717, 1.165) is 30.1 Å². The van der Waals surface area contributed by atoms with Crippen molar-refractivity contribution in [1.29, 1.82) is 0 Å². The predicted octanol–water partition coefficient (Wildman–Crippen LogP) is 3.56. The number of halogens is 1. The summed E-state index contributed by atoms with van der Waals surface area (Å²) in [4.78, 5) is 6.86. The lowest BCUT2D eigenvalue weighted by atomic mass is 10.1. The first-order valence-corrected chi connectivity index (χ1v) is 6.90. The Balaban J connectivity index is 2.31. The van der Waals surface area contributed by atoms with Crippen molar-refractivity contribution < 1.29 is 0 Å². The van der Waals surface area contributed by atoms with Gasteiger partial charge in [-0.3, -0.25) is 0 Å². The van der Waals surface area contributed by atoms with Crippen LogP contribution in [0.3, 0.4) is 0 Å². The zero-order chi connectivity index (χ0) is 13.1. The summed E-state index contributed by atoms with van der Waals surface area (Å²) in [6.07, 6.45) is 3.17. The third kappa shape index (κ3) is 2.61. The molecule has 0 bridgehead atoms. The normalized spacial score (nSPS) is 11.4. The van der Waals surface area contributed by atoms with Gasteiger partial charge < -0.3 is 9.30 Å². The molecular formula is C14H20ClN3. The highest BCUT2D eigenvalue weighted by Crippen LogP contribution is 2.23. The Bertz CT molecular complexity index is 519. The zero-order valence-electron chi connectivity index (χ0n) is 11.2. The van der Waals surface area contributed by atoms with Gasteiger partial charge in [-0.05, 0) is 24.5 Å². The van der Waals surface area contributed by atoms with Crippen LogP contribution in [0, 0.1) is 5.92 Å². The van der Waals surface area contributed by atoms with Gasteiger partial charge >= 0.3 is 0 Å². The highest BCUT2D eigenvalue weighted by molar-refractivity contribution is 6.17. The van der Waals surface area contributed by atoms with E-state index in [0.29, 0.717) is 11.8 Å². The molecule has 0 aliphatic carbocycles. The van der Waals surface area contributed by atoms with E-state index >= 15 is 0 Å². The van der Waals surface area contributed by atoms with Crippen LogP contribution in [-0.4, -0.2) is 23.0 Å². The number of hydrogen-bond acceptors (Lipinski definition) is 2. The lowest BCUT2D eigenvalue weighted by Crippen LogP contribution is -2.21. The molecule has 98 valence electrons. The first kappa shape index (κ1) is 13.2. The molecule has 0 spiro atoms. The number of nitrogens with zero attached hydrogens (tertiary/aromatic N) is 3. The second-order valence-corrected chi connectivity index (χ2v) is 5.32. The Morgan fingerprint density at radius 2 is 2.17 bits per heavy atom. The molecule has 2 heterocycles. The van der Waals surface area contributed by atoms with Crippen LogP contribution in [-0.2, 0) is 5.88 Å². The molecule has 0 aromatic carbocycles. The van der Waals surface area contributed by atoms with Gasteiger partial charge in [0, 0.05) is 19.8 Å². The van der Waals surface area contributed by atoms with Crippen LogP contribution in [0.2, 0.25) is 0 Å². The van der Waals surface area contributed by atoms with Gasteiger partial charge in [-0.25, -0.2) is 4.98 Å². The van der Waals surface area contributed by atoms with Crippen molar-refractivity contribution in [3.63, 3.8) is 0 Å². The van der Waals surface area contributed by atoms with E-state index < -0.39 is 0 Å². The van der Waals surface area contributed by atoms with Gasteiger partial charge in [0.2, 0.25) is 0 Å². The molecule has 3 nitrogen and oxygen atoms in total. The van der Waals surface area contributed by atoms with Crippen LogP contribution in [0.25, 0.3) is 5.65 Å². The summed E-state index contributed by atoms with van der Waals surface area (Å²) in [7, 11) is 2.08. The first-order chi connectivity index (χ1) is 8.63. The number of alkyl halides is 1. The molecule has 0 atom stereocenters. The van der Waals surface area contributed by atoms with E-state index in [-0.39, 0.29) is 0 Å².